The van der Waals surface area contributed by atoms with E-state index in [1.165, 1.54) is 6.42 Å². The summed E-state index contributed by atoms with van der Waals surface area (Å²) in [5.41, 5.74) is 1.01. The zero-order valence-corrected chi connectivity index (χ0v) is 11.1. The molecule has 2 heterocycles. The van der Waals surface area contributed by atoms with Crippen molar-refractivity contribution >= 4 is 5.91 Å². The Kier molecular flexibility index (Phi) is 4.36. The van der Waals surface area contributed by atoms with Gasteiger partial charge in [0.1, 0.15) is 0 Å². The second-order valence-electron chi connectivity index (χ2n) is 5.01. The van der Waals surface area contributed by atoms with E-state index in [0.29, 0.717) is 0 Å². The van der Waals surface area contributed by atoms with Gasteiger partial charge in [0.2, 0.25) is 5.91 Å². The number of carbonyl (C=O) groups excluding carboxylic acids is 1. The Morgan fingerprint density at radius 1 is 1.39 bits per heavy atom. The quantitative estimate of drug-likeness (QED) is 0.850. The summed E-state index contributed by atoms with van der Waals surface area (Å²) in [6, 6.07) is 1.88. The number of H-pyrrole nitrogens is 1. The predicted octanol–water partition coefficient (Wildman–Crippen LogP) is 1.46. The molecule has 5 nitrogen and oxygen atoms in total. The second-order valence-corrected chi connectivity index (χ2v) is 5.01. The van der Waals surface area contributed by atoms with Gasteiger partial charge in [0, 0.05) is 25.3 Å². The fraction of sp³-hybridized carbons (Fsp3) is 0.692. The number of nitrogens with zero attached hydrogens (tertiary/aromatic N) is 2. The van der Waals surface area contributed by atoms with Gasteiger partial charge >= 0.3 is 0 Å². The highest BCUT2D eigenvalue weighted by atomic mass is 16.2. The third-order valence-electron chi connectivity index (χ3n) is 3.53. The molecule has 1 aromatic heterocycles. The summed E-state index contributed by atoms with van der Waals surface area (Å²) in [5, 5.41) is 10.2. The minimum absolute atomic E-state index is 0.108. The molecule has 1 fully saturated rings. The van der Waals surface area contributed by atoms with Crippen molar-refractivity contribution in [3.8, 4) is 0 Å². The maximum absolute atomic E-state index is 12.2. The summed E-state index contributed by atoms with van der Waals surface area (Å²) in [5.74, 6) is 0.209. The molecule has 0 aromatic carbocycles. The molecule has 0 aliphatic carbocycles. The van der Waals surface area contributed by atoms with Crippen LogP contribution in [0.15, 0.2) is 12.3 Å². The highest BCUT2D eigenvalue weighted by molar-refractivity contribution is 5.81. The lowest BCUT2D eigenvalue weighted by Gasteiger charge is -2.30. The molecule has 18 heavy (non-hydrogen) atoms. The molecular weight excluding hydrogens is 228 g/mol. The molecule has 0 radical (unpaired) electrons. The summed E-state index contributed by atoms with van der Waals surface area (Å²) in [7, 11) is 0. The molecule has 100 valence electrons. The third kappa shape index (κ3) is 3.10. The van der Waals surface area contributed by atoms with Gasteiger partial charge in [-0.3, -0.25) is 15.2 Å². The van der Waals surface area contributed by atoms with Crippen molar-refractivity contribution in [3.05, 3.63) is 18.0 Å². The van der Waals surface area contributed by atoms with Crippen LogP contribution >= 0.6 is 0 Å². The van der Waals surface area contributed by atoms with Crippen molar-refractivity contribution < 1.29 is 4.79 Å². The first-order valence-corrected chi connectivity index (χ1v) is 6.72. The summed E-state index contributed by atoms with van der Waals surface area (Å²) in [6.45, 7) is 5.78. The van der Waals surface area contributed by atoms with Gasteiger partial charge in [-0.15, -0.1) is 0 Å². The molecule has 1 amide bonds. The molecule has 0 spiro atoms. The molecule has 2 unspecified atom stereocenters. The van der Waals surface area contributed by atoms with E-state index in [9.17, 15) is 4.79 Å². The minimum Gasteiger partial charge on any atom is -0.341 e. The Morgan fingerprint density at radius 3 is 2.72 bits per heavy atom. The van der Waals surface area contributed by atoms with E-state index < -0.39 is 0 Å². The number of nitrogens with one attached hydrogen (secondary N) is 2. The number of amides is 1. The molecule has 2 rings (SSSR count). The van der Waals surface area contributed by atoms with Crippen molar-refractivity contribution in [2.24, 2.45) is 0 Å². The molecule has 1 aliphatic rings. The standard InChI is InChI=1S/C13H22N4O/c1-10(12-6-7-14-16-12)15-11(2)13(18)17-8-4-3-5-9-17/h6-7,10-11,15H,3-5,8-9H2,1-2H3,(H,14,16). The minimum atomic E-state index is -0.151. The van der Waals surface area contributed by atoms with E-state index >= 15 is 0 Å². The van der Waals surface area contributed by atoms with E-state index in [4.69, 9.17) is 0 Å². The third-order valence-corrected chi connectivity index (χ3v) is 3.53. The van der Waals surface area contributed by atoms with Crippen molar-refractivity contribution in [1.29, 1.82) is 0 Å². The van der Waals surface area contributed by atoms with Gasteiger partial charge in [-0.1, -0.05) is 0 Å². The molecular formula is C13H22N4O. The van der Waals surface area contributed by atoms with Gasteiger partial charge in [0.05, 0.1) is 11.7 Å². The van der Waals surface area contributed by atoms with Gasteiger partial charge in [-0.05, 0) is 39.2 Å². The average molecular weight is 250 g/mol. The summed E-state index contributed by atoms with van der Waals surface area (Å²) >= 11 is 0. The number of piperidine rings is 1. The van der Waals surface area contributed by atoms with Crippen LogP contribution in [0.1, 0.15) is 44.8 Å². The van der Waals surface area contributed by atoms with Crippen LogP contribution < -0.4 is 5.32 Å². The van der Waals surface area contributed by atoms with Crippen LogP contribution in [0.3, 0.4) is 0 Å². The van der Waals surface area contributed by atoms with E-state index in [1.54, 1.807) is 6.20 Å². The maximum atomic E-state index is 12.2. The van der Waals surface area contributed by atoms with Crippen molar-refractivity contribution in [3.63, 3.8) is 0 Å². The zero-order chi connectivity index (χ0) is 13.0. The fourth-order valence-electron chi connectivity index (χ4n) is 2.43. The number of carbonyl (C=O) groups is 1. The topological polar surface area (TPSA) is 61.0 Å². The van der Waals surface area contributed by atoms with Gasteiger partial charge in [-0.2, -0.15) is 5.10 Å². The van der Waals surface area contributed by atoms with E-state index in [0.717, 1.165) is 31.6 Å². The fourth-order valence-corrected chi connectivity index (χ4v) is 2.43. The Hall–Kier alpha value is -1.36. The number of likely N-dealkylation sites (tertiary alicyclic amines) is 1. The maximum Gasteiger partial charge on any atom is 0.239 e. The number of rotatable bonds is 4. The number of hydrogen-bond donors (Lipinski definition) is 2. The monoisotopic (exact) mass is 250 g/mol. The summed E-state index contributed by atoms with van der Waals surface area (Å²) < 4.78 is 0. The van der Waals surface area contributed by atoms with Crippen LogP contribution in [0, 0.1) is 0 Å². The van der Waals surface area contributed by atoms with Gasteiger partial charge < -0.3 is 4.90 Å². The lowest BCUT2D eigenvalue weighted by Crippen LogP contribution is -2.47. The average Bonchev–Trinajstić information content (AvgIpc) is 2.92. The Balaban J connectivity index is 1.86. The number of aromatic amines is 1. The SMILES string of the molecule is CC(NC(C)c1ccn[nH]1)C(=O)N1CCCCC1. The smallest absolute Gasteiger partial charge is 0.239 e. The van der Waals surface area contributed by atoms with Gasteiger partial charge in [0.25, 0.3) is 0 Å². The van der Waals surface area contributed by atoms with E-state index in [-0.39, 0.29) is 18.0 Å². The van der Waals surface area contributed by atoms with Crippen LogP contribution in [-0.4, -0.2) is 40.1 Å². The highest BCUT2D eigenvalue weighted by Gasteiger charge is 2.23. The van der Waals surface area contributed by atoms with Crippen molar-refractivity contribution in [2.45, 2.75) is 45.2 Å². The van der Waals surface area contributed by atoms with Crippen LogP contribution in [0.25, 0.3) is 0 Å². The van der Waals surface area contributed by atoms with Crippen LogP contribution in [0.2, 0.25) is 0 Å². The first-order chi connectivity index (χ1) is 8.68. The number of hydrogen-bond acceptors (Lipinski definition) is 3. The molecule has 1 saturated heterocycles. The van der Waals surface area contributed by atoms with Crippen LogP contribution in [0.5, 0.6) is 0 Å². The van der Waals surface area contributed by atoms with Gasteiger partial charge in [0.15, 0.2) is 0 Å². The van der Waals surface area contributed by atoms with Crippen molar-refractivity contribution in [1.82, 2.24) is 20.4 Å². The first kappa shape index (κ1) is 13.1. The second kappa shape index (κ2) is 6.00. The summed E-state index contributed by atoms with van der Waals surface area (Å²) in [6.07, 6.45) is 5.24. The molecule has 1 aromatic rings. The van der Waals surface area contributed by atoms with Crippen molar-refractivity contribution in [2.75, 3.05) is 13.1 Å². The predicted molar refractivity (Wildman–Crippen MR) is 70.0 cm³/mol. The zero-order valence-electron chi connectivity index (χ0n) is 11.1. The number of aromatic nitrogens is 2. The summed E-state index contributed by atoms with van der Waals surface area (Å²) in [4.78, 5) is 14.2. The lowest BCUT2D eigenvalue weighted by atomic mass is 10.1. The van der Waals surface area contributed by atoms with Gasteiger partial charge in [-0.25, -0.2) is 0 Å². The first-order valence-electron chi connectivity index (χ1n) is 6.72. The van der Waals surface area contributed by atoms with E-state index in [1.807, 2.05) is 24.8 Å². The molecule has 2 N–H and O–H groups in total. The molecule has 0 saturated carbocycles. The van der Waals surface area contributed by atoms with E-state index in [2.05, 4.69) is 15.5 Å². The Bertz CT molecular complexity index is 370. The normalized spacial score (nSPS) is 19.6. The van der Waals surface area contributed by atoms with Crippen LogP contribution in [0.4, 0.5) is 0 Å². The molecule has 1 aliphatic heterocycles. The molecule has 0 bridgehead atoms. The largest absolute Gasteiger partial charge is 0.341 e. The Labute approximate surface area is 108 Å². The molecule has 5 heteroatoms. The Morgan fingerprint density at radius 2 is 2.11 bits per heavy atom. The van der Waals surface area contributed by atoms with Crippen LogP contribution in [-0.2, 0) is 4.79 Å². The highest BCUT2D eigenvalue weighted by Crippen LogP contribution is 2.12. The molecule has 2 atom stereocenters. The lowest BCUT2D eigenvalue weighted by molar-refractivity contribution is -0.134.